The van der Waals surface area contributed by atoms with Crippen LogP contribution in [0.1, 0.15) is 37.4 Å². The van der Waals surface area contributed by atoms with Crippen molar-refractivity contribution in [2.75, 3.05) is 31.8 Å². The third-order valence-corrected chi connectivity index (χ3v) is 6.12. The molecule has 34 heavy (non-hydrogen) atoms. The number of nitrogens with zero attached hydrogens (tertiary/aromatic N) is 3. The first-order chi connectivity index (χ1) is 16.6. The molecule has 1 N–H and O–H groups in total. The van der Waals surface area contributed by atoms with Crippen LogP contribution in [-0.2, 0) is 4.74 Å². The Morgan fingerprint density at radius 2 is 2.00 bits per heavy atom. The molecule has 2 aliphatic rings. The van der Waals surface area contributed by atoms with Crippen LogP contribution in [-0.4, -0.2) is 54.1 Å². The minimum atomic E-state index is -0.662. The quantitative estimate of drug-likeness (QED) is 0.498. The highest BCUT2D eigenvalue weighted by Crippen LogP contribution is 2.35. The molecule has 1 saturated heterocycles. The molecule has 4 heterocycles. The van der Waals surface area contributed by atoms with E-state index >= 15 is 0 Å². The molecule has 9 nitrogen and oxygen atoms in total. The number of aliphatic hydroxyl groups excluding tert-OH is 1. The molecule has 9 heteroatoms. The molecule has 0 spiro atoms. The highest BCUT2D eigenvalue weighted by atomic mass is 16.6. The Morgan fingerprint density at radius 3 is 2.85 bits per heavy atom. The number of aliphatic hydroxyl groups is 1. The normalized spacial score (nSPS) is 18.1. The number of hydrogen-bond acceptors (Lipinski definition) is 8. The van der Waals surface area contributed by atoms with Crippen LogP contribution in [0.5, 0.6) is 17.4 Å². The van der Waals surface area contributed by atoms with Gasteiger partial charge in [-0.3, -0.25) is 9.88 Å². The van der Waals surface area contributed by atoms with Crippen LogP contribution in [0.4, 0.5) is 10.5 Å². The zero-order valence-electron chi connectivity index (χ0n) is 19.0. The number of carbonyl (C=O) groups is 1. The molecule has 0 saturated carbocycles. The van der Waals surface area contributed by atoms with Gasteiger partial charge in [0.1, 0.15) is 19.3 Å². The van der Waals surface area contributed by atoms with Crippen molar-refractivity contribution in [1.82, 2.24) is 9.97 Å². The Bertz CT molecular complexity index is 1190. The van der Waals surface area contributed by atoms with Crippen molar-refractivity contribution >= 4 is 22.8 Å². The van der Waals surface area contributed by atoms with E-state index in [-0.39, 0.29) is 12.2 Å². The number of pyridine rings is 2. The number of amides is 1. The number of anilines is 1. The lowest BCUT2D eigenvalue weighted by Gasteiger charge is -2.21. The molecule has 2 atom stereocenters. The van der Waals surface area contributed by atoms with Crippen LogP contribution in [0, 0.1) is 0 Å². The smallest absolute Gasteiger partial charge is 0.414 e. The average molecular weight is 466 g/mol. The molecule has 0 bridgehead atoms. The van der Waals surface area contributed by atoms with Gasteiger partial charge >= 0.3 is 6.09 Å². The molecule has 3 aromatic rings. The fourth-order valence-electron chi connectivity index (χ4n) is 4.36. The maximum atomic E-state index is 12.4. The van der Waals surface area contributed by atoms with Gasteiger partial charge in [-0.2, -0.15) is 0 Å². The molecule has 2 aliphatic heterocycles. The number of aromatic nitrogens is 2. The van der Waals surface area contributed by atoms with Gasteiger partial charge in [-0.1, -0.05) is 6.42 Å². The van der Waals surface area contributed by atoms with Gasteiger partial charge in [-0.25, -0.2) is 9.78 Å². The molecule has 178 valence electrons. The lowest BCUT2D eigenvalue weighted by Crippen LogP contribution is -2.25. The van der Waals surface area contributed by atoms with Gasteiger partial charge in [0.05, 0.1) is 36.5 Å². The topological polar surface area (TPSA) is 103 Å². The number of unbranched alkanes of at least 4 members (excludes halogenated alkanes) is 1. The minimum absolute atomic E-state index is 0.189. The first-order valence-electron chi connectivity index (χ1n) is 11.5. The maximum Gasteiger partial charge on any atom is 0.414 e. The van der Waals surface area contributed by atoms with E-state index in [9.17, 15) is 9.90 Å². The van der Waals surface area contributed by atoms with Crippen molar-refractivity contribution in [3.63, 3.8) is 0 Å². The molecular weight excluding hydrogens is 438 g/mol. The van der Waals surface area contributed by atoms with Crippen molar-refractivity contribution in [2.45, 2.75) is 37.9 Å². The van der Waals surface area contributed by atoms with Gasteiger partial charge in [0, 0.05) is 23.9 Å². The average Bonchev–Trinajstić information content (AvgIpc) is 3.25. The highest BCUT2D eigenvalue weighted by Gasteiger charge is 2.32. The molecule has 1 amide bonds. The van der Waals surface area contributed by atoms with Crippen molar-refractivity contribution in [2.24, 2.45) is 0 Å². The summed E-state index contributed by atoms with van der Waals surface area (Å²) in [4.78, 5) is 22.8. The summed E-state index contributed by atoms with van der Waals surface area (Å²) in [6.07, 6.45) is 3.38. The minimum Gasteiger partial charge on any atom is -0.486 e. The van der Waals surface area contributed by atoms with E-state index in [1.165, 1.54) is 0 Å². The van der Waals surface area contributed by atoms with Crippen LogP contribution >= 0.6 is 0 Å². The first kappa shape index (κ1) is 22.2. The summed E-state index contributed by atoms with van der Waals surface area (Å²) in [6, 6.07) is 10.9. The second kappa shape index (κ2) is 9.72. The number of ether oxygens (including phenoxy) is 4. The van der Waals surface area contributed by atoms with E-state index in [4.69, 9.17) is 18.9 Å². The fourth-order valence-corrected chi connectivity index (χ4v) is 4.36. The molecule has 0 aliphatic carbocycles. The lowest BCUT2D eigenvalue weighted by molar-refractivity contribution is 0.131. The summed E-state index contributed by atoms with van der Waals surface area (Å²) >= 11 is 0. The second-order valence-corrected chi connectivity index (χ2v) is 8.37. The highest BCUT2D eigenvalue weighted by molar-refractivity contribution is 5.90. The lowest BCUT2D eigenvalue weighted by atomic mass is 10.0. The second-order valence-electron chi connectivity index (χ2n) is 8.37. The Labute approximate surface area is 197 Å². The molecule has 5 rings (SSSR count). The zero-order chi connectivity index (χ0) is 23.5. The summed E-state index contributed by atoms with van der Waals surface area (Å²) < 4.78 is 21.9. The van der Waals surface area contributed by atoms with Gasteiger partial charge < -0.3 is 24.1 Å². The van der Waals surface area contributed by atoms with Crippen LogP contribution in [0.2, 0.25) is 0 Å². The Balaban J connectivity index is 1.14. The summed E-state index contributed by atoms with van der Waals surface area (Å²) in [5, 5.41) is 10.8. The summed E-state index contributed by atoms with van der Waals surface area (Å²) in [5.41, 5.74) is 2.84. The number of hydrogen-bond donors (Lipinski definition) is 1. The van der Waals surface area contributed by atoms with Gasteiger partial charge in [0.2, 0.25) is 5.88 Å². The number of fused-ring (bicyclic) bond motifs is 2. The third-order valence-electron chi connectivity index (χ3n) is 6.12. The monoisotopic (exact) mass is 465 g/mol. The summed E-state index contributed by atoms with van der Waals surface area (Å²) in [7, 11) is 1.56. The van der Waals surface area contributed by atoms with Crippen LogP contribution < -0.4 is 19.1 Å². The molecule has 1 aromatic carbocycles. The van der Waals surface area contributed by atoms with Gasteiger partial charge in [-0.05, 0) is 43.5 Å². The van der Waals surface area contributed by atoms with E-state index in [1.54, 1.807) is 30.3 Å². The molecule has 0 unspecified atom stereocenters. The van der Waals surface area contributed by atoms with Crippen LogP contribution in [0.15, 0.2) is 42.6 Å². The van der Waals surface area contributed by atoms with E-state index in [2.05, 4.69) is 9.97 Å². The van der Waals surface area contributed by atoms with Crippen LogP contribution in [0.3, 0.4) is 0 Å². The van der Waals surface area contributed by atoms with E-state index < -0.39 is 6.10 Å². The largest absolute Gasteiger partial charge is 0.486 e. The van der Waals surface area contributed by atoms with E-state index in [0.717, 1.165) is 36.0 Å². The summed E-state index contributed by atoms with van der Waals surface area (Å²) in [5.74, 6) is 1.82. The number of benzene rings is 1. The standard InChI is InChI=1S/C25H27N3O6/c1-31-23-9-7-19-24(27-23)18(10-11-26-19)20(29)5-3-2-4-17-15-28(25(30)34-17)16-6-8-21-22(14-16)33-13-12-32-21/h6-11,14,17,20,29H,2-5,12-13,15H2,1H3/t17-,20-/m0/s1. The predicted octanol–water partition coefficient (Wildman–Crippen LogP) is 4.03. The van der Waals surface area contributed by atoms with E-state index in [1.807, 2.05) is 24.3 Å². The van der Waals surface area contributed by atoms with Crippen molar-refractivity contribution in [3.05, 3.63) is 48.2 Å². The van der Waals surface area contributed by atoms with Crippen LogP contribution in [0.25, 0.3) is 11.0 Å². The Kier molecular flexibility index (Phi) is 6.35. The first-order valence-corrected chi connectivity index (χ1v) is 11.5. The Hall–Kier alpha value is -3.59. The maximum absolute atomic E-state index is 12.4. The number of carbonyl (C=O) groups excluding carboxylic acids is 1. The van der Waals surface area contributed by atoms with Gasteiger partial charge in [0.25, 0.3) is 0 Å². The fraction of sp³-hybridized carbons (Fsp3) is 0.400. The van der Waals surface area contributed by atoms with Crippen molar-refractivity contribution in [3.8, 4) is 17.4 Å². The summed E-state index contributed by atoms with van der Waals surface area (Å²) in [6.45, 7) is 1.50. The third kappa shape index (κ3) is 4.56. The van der Waals surface area contributed by atoms with Crippen molar-refractivity contribution < 1.29 is 28.8 Å². The zero-order valence-corrected chi connectivity index (χ0v) is 19.0. The predicted molar refractivity (Wildman–Crippen MR) is 125 cm³/mol. The molecule has 0 radical (unpaired) electrons. The molecule has 1 fully saturated rings. The van der Waals surface area contributed by atoms with Gasteiger partial charge in [0.15, 0.2) is 11.5 Å². The molecule has 2 aromatic heterocycles. The number of cyclic esters (lactones) is 1. The Morgan fingerprint density at radius 1 is 1.15 bits per heavy atom. The van der Waals surface area contributed by atoms with Crippen molar-refractivity contribution in [1.29, 1.82) is 0 Å². The number of rotatable bonds is 8. The SMILES string of the molecule is COc1ccc2nccc([C@@H](O)CCCC[C@H]3CN(c4ccc5c(c4)OCCO5)C(=O)O3)c2n1. The number of methoxy groups -OCH3 is 1. The van der Waals surface area contributed by atoms with Gasteiger partial charge in [-0.15, -0.1) is 0 Å². The molecular formula is C25H27N3O6. The van der Waals surface area contributed by atoms with E-state index in [0.29, 0.717) is 49.1 Å².